The number of benzene rings is 1. The van der Waals surface area contributed by atoms with Crippen LogP contribution in [0.15, 0.2) is 18.2 Å². The number of anilines is 1. The molecule has 0 saturated carbocycles. The van der Waals surface area contributed by atoms with Gasteiger partial charge in [0.2, 0.25) is 5.13 Å². The normalized spacial score (nSPS) is 18.1. The van der Waals surface area contributed by atoms with Crippen LogP contribution >= 0.6 is 11.5 Å². The van der Waals surface area contributed by atoms with E-state index in [1.807, 2.05) is 13.0 Å². The lowest BCUT2D eigenvalue weighted by Gasteiger charge is -2.17. The number of aryl methyl sites for hydroxylation is 1. The zero-order valence-corrected chi connectivity index (χ0v) is 14.5. The Morgan fingerprint density at radius 2 is 2.00 bits per heavy atom. The number of nitrogens with zero attached hydrogens (tertiary/aromatic N) is 3. The molecule has 1 fully saturated rings. The Morgan fingerprint density at radius 3 is 2.61 bits per heavy atom. The van der Waals surface area contributed by atoms with E-state index in [9.17, 15) is 0 Å². The molecule has 0 spiro atoms. The monoisotopic (exact) mass is 334 g/mol. The van der Waals surface area contributed by atoms with Crippen LogP contribution in [0.5, 0.6) is 11.5 Å². The molecule has 1 aliphatic heterocycles. The third-order valence-corrected chi connectivity index (χ3v) is 4.68. The molecule has 7 heteroatoms. The van der Waals surface area contributed by atoms with Crippen LogP contribution in [-0.4, -0.2) is 47.6 Å². The molecular formula is C16H22N4O2S. The van der Waals surface area contributed by atoms with Gasteiger partial charge >= 0.3 is 0 Å². The number of hydrogen-bond acceptors (Lipinski definition) is 7. The number of hydrogen-bond donors (Lipinski definition) is 1. The zero-order valence-electron chi connectivity index (χ0n) is 13.7. The molecule has 3 rings (SSSR count). The van der Waals surface area contributed by atoms with Crippen molar-refractivity contribution in [3.8, 4) is 11.5 Å². The first kappa shape index (κ1) is 16.0. The molecule has 0 aliphatic carbocycles. The van der Waals surface area contributed by atoms with Gasteiger partial charge in [0.1, 0.15) is 17.3 Å². The third kappa shape index (κ3) is 4.11. The fourth-order valence-electron chi connectivity index (χ4n) is 2.84. The SMILES string of the molecule is COc1cc(CN2CCC(Nc3nc(C)ns3)C2)cc(OC)c1. The Morgan fingerprint density at radius 1 is 1.26 bits per heavy atom. The van der Waals surface area contributed by atoms with E-state index in [-0.39, 0.29) is 0 Å². The Balaban J connectivity index is 1.59. The van der Waals surface area contributed by atoms with Crippen LogP contribution in [0.4, 0.5) is 5.13 Å². The second-order valence-electron chi connectivity index (χ2n) is 5.73. The molecule has 1 saturated heterocycles. The molecule has 124 valence electrons. The van der Waals surface area contributed by atoms with Crippen LogP contribution in [0.2, 0.25) is 0 Å². The highest BCUT2D eigenvalue weighted by Gasteiger charge is 2.23. The minimum Gasteiger partial charge on any atom is -0.497 e. The van der Waals surface area contributed by atoms with E-state index in [1.54, 1.807) is 14.2 Å². The summed E-state index contributed by atoms with van der Waals surface area (Å²) >= 11 is 1.43. The van der Waals surface area contributed by atoms with Crippen molar-refractivity contribution in [1.82, 2.24) is 14.3 Å². The number of methoxy groups -OCH3 is 2. The van der Waals surface area contributed by atoms with Crippen molar-refractivity contribution in [2.75, 3.05) is 32.6 Å². The van der Waals surface area contributed by atoms with Crippen LogP contribution in [0, 0.1) is 6.92 Å². The van der Waals surface area contributed by atoms with Crippen molar-refractivity contribution in [2.24, 2.45) is 0 Å². The molecule has 0 bridgehead atoms. The maximum atomic E-state index is 5.34. The average Bonchev–Trinajstić information content (AvgIpc) is 3.16. The molecule has 1 atom stereocenters. The topological polar surface area (TPSA) is 59.5 Å². The van der Waals surface area contributed by atoms with E-state index in [2.05, 4.69) is 31.7 Å². The van der Waals surface area contributed by atoms with Gasteiger partial charge in [-0.25, -0.2) is 4.98 Å². The molecule has 1 unspecified atom stereocenters. The molecule has 6 nitrogen and oxygen atoms in total. The maximum absolute atomic E-state index is 5.34. The first-order valence-corrected chi connectivity index (χ1v) is 8.45. The fraction of sp³-hybridized carbons (Fsp3) is 0.500. The van der Waals surface area contributed by atoms with E-state index < -0.39 is 0 Å². The highest BCUT2D eigenvalue weighted by Crippen LogP contribution is 2.25. The van der Waals surface area contributed by atoms with Crippen molar-refractivity contribution in [3.05, 3.63) is 29.6 Å². The van der Waals surface area contributed by atoms with Gasteiger partial charge in [0.05, 0.1) is 14.2 Å². The van der Waals surface area contributed by atoms with Crippen molar-refractivity contribution in [3.63, 3.8) is 0 Å². The predicted molar refractivity (Wildman–Crippen MR) is 91.5 cm³/mol. The minimum atomic E-state index is 0.426. The third-order valence-electron chi connectivity index (χ3n) is 3.94. The molecule has 1 aromatic carbocycles. The summed E-state index contributed by atoms with van der Waals surface area (Å²) in [6.07, 6.45) is 1.11. The van der Waals surface area contributed by atoms with E-state index in [1.165, 1.54) is 17.1 Å². The summed E-state index contributed by atoms with van der Waals surface area (Å²) in [5.41, 5.74) is 1.20. The summed E-state index contributed by atoms with van der Waals surface area (Å²) in [7, 11) is 3.36. The molecule has 2 heterocycles. The number of likely N-dealkylation sites (tertiary alicyclic amines) is 1. The second-order valence-corrected chi connectivity index (χ2v) is 6.48. The van der Waals surface area contributed by atoms with E-state index in [0.29, 0.717) is 6.04 Å². The van der Waals surface area contributed by atoms with Gasteiger partial charge in [0, 0.05) is 43.3 Å². The first-order valence-electron chi connectivity index (χ1n) is 7.67. The summed E-state index contributed by atoms with van der Waals surface area (Å²) in [4.78, 5) is 6.80. The quantitative estimate of drug-likeness (QED) is 0.876. The van der Waals surface area contributed by atoms with Crippen molar-refractivity contribution in [1.29, 1.82) is 0 Å². The van der Waals surface area contributed by atoms with Gasteiger partial charge in [-0.15, -0.1) is 0 Å². The second kappa shape index (κ2) is 7.14. The van der Waals surface area contributed by atoms with Crippen LogP contribution in [0.1, 0.15) is 17.8 Å². The number of ether oxygens (including phenoxy) is 2. The van der Waals surface area contributed by atoms with Gasteiger partial charge in [0.25, 0.3) is 0 Å². The largest absolute Gasteiger partial charge is 0.497 e. The zero-order chi connectivity index (χ0) is 16.2. The summed E-state index contributed by atoms with van der Waals surface area (Å²) in [6.45, 7) is 4.87. The summed E-state index contributed by atoms with van der Waals surface area (Å²) in [5, 5.41) is 4.39. The summed E-state index contributed by atoms with van der Waals surface area (Å²) in [6, 6.07) is 6.46. The van der Waals surface area contributed by atoms with Crippen LogP contribution < -0.4 is 14.8 Å². The summed E-state index contributed by atoms with van der Waals surface area (Å²) in [5.74, 6) is 2.49. The molecule has 0 radical (unpaired) electrons. The fourth-order valence-corrected chi connectivity index (χ4v) is 3.49. The Bertz CT molecular complexity index is 639. The van der Waals surface area contributed by atoms with Gasteiger partial charge in [-0.3, -0.25) is 4.90 Å². The van der Waals surface area contributed by atoms with E-state index in [4.69, 9.17) is 9.47 Å². The molecule has 1 aromatic heterocycles. The lowest BCUT2D eigenvalue weighted by atomic mass is 10.2. The predicted octanol–water partition coefficient (Wildman–Crippen LogP) is 2.55. The average molecular weight is 334 g/mol. The highest BCUT2D eigenvalue weighted by molar-refractivity contribution is 7.09. The van der Waals surface area contributed by atoms with Crippen molar-refractivity contribution < 1.29 is 9.47 Å². The minimum absolute atomic E-state index is 0.426. The van der Waals surface area contributed by atoms with Gasteiger partial charge in [-0.1, -0.05) is 0 Å². The Hall–Kier alpha value is -1.86. The molecular weight excluding hydrogens is 312 g/mol. The van der Waals surface area contributed by atoms with Gasteiger partial charge in [0.15, 0.2) is 0 Å². The number of nitrogens with one attached hydrogen (secondary N) is 1. The van der Waals surface area contributed by atoms with Crippen LogP contribution in [0.25, 0.3) is 0 Å². The van der Waals surface area contributed by atoms with Crippen LogP contribution in [0.3, 0.4) is 0 Å². The molecule has 23 heavy (non-hydrogen) atoms. The van der Waals surface area contributed by atoms with E-state index >= 15 is 0 Å². The van der Waals surface area contributed by atoms with E-state index in [0.717, 1.165) is 48.5 Å². The van der Waals surface area contributed by atoms with Gasteiger partial charge in [-0.05, 0) is 31.0 Å². The lowest BCUT2D eigenvalue weighted by Crippen LogP contribution is -2.25. The molecule has 1 N–H and O–H groups in total. The lowest BCUT2D eigenvalue weighted by molar-refractivity contribution is 0.326. The molecule has 0 amide bonds. The Kier molecular flexibility index (Phi) is 4.97. The first-order chi connectivity index (χ1) is 11.2. The van der Waals surface area contributed by atoms with Crippen molar-refractivity contribution >= 4 is 16.7 Å². The smallest absolute Gasteiger partial charge is 0.202 e. The number of aromatic nitrogens is 2. The highest BCUT2D eigenvalue weighted by atomic mass is 32.1. The van der Waals surface area contributed by atoms with Crippen molar-refractivity contribution in [2.45, 2.75) is 25.9 Å². The Labute approximate surface area is 140 Å². The molecule has 2 aromatic rings. The maximum Gasteiger partial charge on any atom is 0.202 e. The van der Waals surface area contributed by atoms with Gasteiger partial charge < -0.3 is 14.8 Å². The van der Waals surface area contributed by atoms with Crippen LogP contribution in [-0.2, 0) is 6.54 Å². The molecule has 1 aliphatic rings. The summed E-state index contributed by atoms with van der Waals surface area (Å²) < 4.78 is 14.9. The number of rotatable bonds is 6. The standard InChI is InChI=1S/C16H22N4O2S/c1-11-17-16(23-19-11)18-13-4-5-20(10-13)9-12-6-14(21-2)8-15(7-12)22-3/h6-8,13H,4-5,9-10H2,1-3H3,(H,17,18,19). The van der Waals surface area contributed by atoms with Gasteiger partial charge in [-0.2, -0.15) is 4.37 Å².